The quantitative estimate of drug-likeness (QED) is 0.523. The topological polar surface area (TPSA) is 30.8 Å². The molecule has 0 atom stereocenters. The van der Waals surface area contributed by atoms with Crippen LogP contribution in [-0.2, 0) is 9.47 Å². The smallest absolute Gasteiger partial charge is 0.176 e. The lowest BCUT2D eigenvalue weighted by Gasteiger charge is -2.13. The van der Waals surface area contributed by atoms with Crippen molar-refractivity contribution in [2.75, 3.05) is 19.8 Å². The Morgan fingerprint density at radius 1 is 1.12 bits per heavy atom. The first-order chi connectivity index (χ1) is 7.86. The molecule has 0 saturated heterocycles. The molecule has 0 aliphatic rings. The van der Waals surface area contributed by atoms with Crippen molar-refractivity contribution < 1.29 is 9.47 Å². The molecule has 0 N–H and O–H groups in total. The molecule has 0 aromatic heterocycles. The third-order valence-corrected chi connectivity index (χ3v) is 2.00. The second-order valence-corrected chi connectivity index (χ2v) is 3.25. The maximum atomic E-state index is 5.38. The third-order valence-electron chi connectivity index (χ3n) is 2.00. The van der Waals surface area contributed by atoms with E-state index in [0.717, 1.165) is 5.56 Å². The van der Waals surface area contributed by atoms with Gasteiger partial charge < -0.3 is 9.47 Å². The minimum atomic E-state index is -0.227. The summed E-state index contributed by atoms with van der Waals surface area (Å²) in [6.07, 6.45) is 1.61. The Morgan fingerprint density at radius 3 is 2.31 bits per heavy atom. The molecule has 0 aliphatic carbocycles. The highest BCUT2D eigenvalue weighted by atomic mass is 16.7. The van der Waals surface area contributed by atoms with Gasteiger partial charge in [0.1, 0.15) is 0 Å². The van der Waals surface area contributed by atoms with E-state index < -0.39 is 0 Å². The van der Waals surface area contributed by atoms with E-state index in [2.05, 4.69) is 4.99 Å². The van der Waals surface area contributed by atoms with Crippen LogP contribution in [0.25, 0.3) is 0 Å². The minimum Gasteiger partial charge on any atom is -0.351 e. The first-order valence-electron chi connectivity index (χ1n) is 5.65. The van der Waals surface area contributed by atoms with Crippen LogP contribution in [0.15, 0.2) is 35.3 Å². The van der Waals surface area contributed by atoms with Crippen molar-refractivity contribution in [3.05, 3.63) is 35.9 Å². The molecule has 0 saturated carbocycles. The molecule has 3 heteroatoms. The standard InChI is InChI=1S/C13H19NO2/c1-3-15-13(16-4-2)11-14-10-12-8-6-5-7-9-12/h5-10,13H,3-4,11H2,1-2H3. The Kier molecular flexibility index (Phi) is 6.45. The highest BCUT2D eigenvalue weighted by Crippen LogP contribution is 1.98. The van der Waals surface area contributed by atoms with Crippen molar-refractivity contribution in [3.63, 3.8) is 0 Å². The molecule has 0 radical (unpaired) electrons. The van der Waals surface area contributed by atoms with Gasteiger partial charge in [-0.2, -0.15) is 0 Å². The molecule has 0 aliphatic heterocycles. The molecule has 1 aromatic carbocycles. The fourth-order valence-corrected chi connectivity index (χ4v) is 1.31. The summed E-state index contributed by atoms with van der Waals surface area (Å²) in [5.41, 5.74) is 1.09. The van der Waals surface area contributed by atoms with Gasteiger partial charge >= 0.3 is 0 Å². The van der Waals surface area contributed by atoms with Crippen molar-refractivity contribution in [1.29, 1.82) is 0 Å². The van der Waals surface area contributed by atoms with Crippen molar-refractivity contribution in [2.24, 2.45) is 4.99 Å². The van der Waals surface area contributed by atoms with E-state index in [1.165, 1.54) is 0 Å². The number of nitrogens with zero attached hydrogens (tertiary/aromatic N) is 1. The van der Waals surface area contributed by atoms with Crippen LogP contribution in [0.3, 0.4) is 0 Å². The van der Waals surface area contributed by atoms with Crippen LogP contribution in [0.5, 0.6) is 0 Å². The summed E-state index contributed by atoms with van der Waals surface area (Å²) >= 11 is 0. The molecule has 1 aromatic rings. The number of ether oxygens (including phenoxy) is 2. The minimum absolute atomic E-state index is 0.227. The Hall–Kier alpha value is -1.19. The van der Waals surface area contributed by atoms with Crippen LogP contribution in [0.2, 0.25) is 0 Å². The van der Waals surface area contributed by atoms with E-state index in [1.54, 1.807) is 0 Å². The highest BCUT2D eigenvalue weighted by Gasteiger charge is 2.04. The highest BCUT2D eigenvalue weighted by molar-refractivity contribution is 5.79. The molecule has 1 rings (SSSR count). The lowest BCUT2D eigenvalue weighted by Crippen LogP contribution is -2.20. The van der Waals surface area contributed by atoms with Gasteiger partial charge in [-0.15, -0.1) is 0 Å². The number of hydrogen-bond acceptors (Lipinski definition) is 3. The number of benzene rings is 1. The van der Waals surface area contributed by atoms with Gasteiger partial charge in [0.15, 0.2) is 6.29 Å². The zero-order valence-corrected chi connectivity index (χ0v) is 9.93. The predicted molar refractivity (Wildman–Crippen MR) is 65.9 cm³/mol. The molecule has 3 nitrogen and oxygen atoms in total. The maximum absolute atomic E-state index is 5.38. The van der Waals surface area contributed by atoms with Crippen molar-refractivity contribution in [2.45, 2.75) is 20.1 Å². The molecule has 16 heavy (non-hydrogen) atoms. The Morgan fingerprint density at radius 2 is 1.75 bits per heavy atom. The first-order valence-corrected chi connectivity index (χ1v) is 5.65. The van der Waals surface area contributed by atoms with Crippen LogP contribution in [0, 0.1) is 0 Å². The second-order valence-electron chi connectivity index (χ2n) is 3.25. The van der Waals surface area contributed by atoms with Gasteiger partial charge in [0.05, 0.1) is 6.54 Å². The largest absolute Gasteiger partial charge is 0.351 e. The third kappa shape index (κ3) is 5.05. The monoisotopic (exact) mass is 221 g/mol. The van der Waals surface area contributed by atoms with Crippen molar-refractivity contribution >= 4 is 6.21 Å². The van der Waals surface area contributed by atoms with Crippen molar-refractivity contribution in [1.82, 2.24) is 0 Å². The summed E-state index contributed by atoms with van der Waals surface area (Å²) in [5.74, 6) is 0. The molecular weight excluding hydrogens is 202 g/mol. The summed E-state index contributed by atoms with van der Waals surface area (Å²) in [5, 5.41) is 0. The van der Waals surface area contributed by atoms with E-state index in [4.69, 9.17) is 9.47 Å². The van der Waals surface area contributed by atoms with E-state index in [-0.39, 0.29) is 6.29 Å². The second kappa shape index (κ2) is 8.02. The van der Waals surface area contributed by atoms with E-state index in [9.17, 15) is 0 Å². The lowest BCUT2D eigenvalue weighted by molar-refractivity contribution is -0.128. The summed E-state index contributed by atoms with van der Waals surface area (Å²) in [7, 11) is 0. The molecule has 0 heterocycles. The molecule has 0 fully saturated rings. The molecular formula is C13H19NO2. The molecule has 0 bridgehead atoms. The summed E-state index contributed by atoms with van der Waals surface area (Å²) in [6.45, 7) is 5.73. The zero-order valence-electron chi connectivity index (χ0n) is 9.93. The van der Waals surface area contributed by atoms with E-state index in [0.29, 0.717) is 19.8 Å². The Bertz CT molecular complexity index is 292. The van der Waals surface area contributed by atoms with Gasteiger partial charge in [0, 0.05) is 19.4 Å². The number of hydrogen-bond donors (Lipinski definition) is 0. The average molecular weight is 221 g/mol. The van der Waals surface area contributed by atoms with Gasteiger partial charge in [-0.05, 0) is 19.4 Å². The van der Waals surface area contributed by atoms with Gasteiger partial charge in [-0.1, -0.05) is 30.3 Å². The van der Waals surface area contributed by atoms with Gasteiger partial charge in [-0.25, -0.2) is 0 Å². The normalized spacial score (nSPS) is 11.4. The average Bonchev–Trinajstić information content (AvgIpc) is 2.31. The molecule has 88 valence electrons. The Balaban J connectivity index is 2.39. The zero-order chi connectivity index (χ0) is 11.6. The van der Waals surface area contributed by atoms with Crippen LogP contribution in [-0.4, -0.2) is 32.3 Å². The first kappa shape index (κ1) is 12.9. The molecule has 0 unspecified atom stereocenters. The van der Waals surface area contributed by atoms with Crippen LogP contribution >= 0.6 is 0 Å². The Labute approximate surface area is 97.1 Å². The van der Waals surface area contributed by atoms with Crippen molar-refractivity contribution in [3.8, 4) is 0 Å². The predicted octanol–water partition coefficient (Wildman–Crippen LogP) is 2.50. The summed E-state index contributed by atoms with van der Waals surface area (Å²) in [4.78, 5) is 4.30. The van der Waals surface area contributed by atoms with Gasteiger partial charge in [-0.3, -0.25) is 4.99 Å². The van der Waals surface area contributed by atoms with E-state index in [1.807, 2.05) is 50.4 Å². The van der Waals surface area contributed by atoms with Gasteiger partial charge in [0.25, 0.3) is 0 Å². The van der Waals surface area contributed by atoms with Gasteiger partial charge in [0.2, 0.25) is 0 Å². The lowest BCUT2D eigenvalue weighted by atomic mass is 10.2. The molecule has 0 amide bonds. The fourth-order valence-electron chi connectivity index (χ4n) is 1.31. The number of aliphatic imine (C=N–C) groups is 1. The molecule has 0 spiro atoms. The maximum Gasteiger partial charge on any atom is 0.176 e. The van der Waals surface area contributed by atoms with Crippen LogP contribution < -0.4 is 0 Å². The summed E-state index contributed by atoms with van der Waals surface area (Å²) in [6, 6.07) is 9.99. The SMILES string of the molecule is CCOC(CN=Cc1ccccc1)OCC. The van der Waals surface area contributed by atoms with Crippen LogP contribution in [0.4, 0.5) is 0 Å². The fraction of sp³-hybridized carbons (Fsp3) is 0.462. The van der Waals surface area contributed by atoms with E-state index >= 15 is 0 Å². The summed E-state index contributed by atoms with van der Waals surface area (Å²) < 4.78 is 10.8. The van der Waals surface area contributed by atoms with Crippen LogP contribution in [0.1, 0.15) is 19.4 Å². The number of rotatable bonds is 7.